The summed E-state index contributed by atoms with van der Waals surface area (Å²) in [4.78, 5) is 12.3. The average molecular weight is 283 g/mol. The van der Waals surface area contributed by atoms with Crippen LogP contribution < -0.4 is 10.1 Å². The van der Waals surface area contributed by atoms with Gasteiger partial charge in [0, 0.05) is 5.56 Å². The molecule has 110 valence electrons. The molecule has 0 radical (unpaired) electrons. The highest BCUT2D eigenvalue weighted by atomic mass is 16.5. The van der Waals surface area contributed by atoms with Crippen molar-refractivity contribution < 1.29 is 9.53 Å². The van der Waals surface area contributed by atoms with E-state index < -0.39 is 0 Å². The summed E-state index contributed by atoms with van der Waals surface area (Å²) < 4.78 is 5.64. The van der Waals surface area contributed by atoms with Gasteiger partial charge in [-0.25, -0.2) is 0 Å². The number of nitrogens with one attached hydrogen (secondary N) is 1. The van der Waals surface area contributed by atoms with Gasteiger partial charge in [0.1, 0.15) is 12.4 Å². The predicted molar refractivity (Wildman–Crippen MR) is 84.8 cm³/mol. The highest BCUT2D eigenvalue weighted by molar-refractivity contribution is 5.96. The molecular formula is C18H21NO2. The minimum atomic E-state index is -0.0578. The number of hydrogen-bond donors (Lipinski definition) is 1. The smallest absolute Gasteiger partial charge is 0.251 e. The van der Waals surface area contributed by atoms with E-state index in [4.69, 9.17) is 4.74 Å². The van der Waals surface area contributed by atoms with Crippen LogP contribution in [0.3, 0.4) is 0 Å². The van der Waals surface area contributed by atoms with Crippen molar-refractivity contribution in [3.63, 3.8) is 0 Å². The third-order valence-corrected chi connectivity index (χ3v) is 3.26. The van der Waals surface area contributed by atoms with Crippen molar-refractivity contribution in [3.8, 4) is 5.75 Å². The van der Waals surface area contributed by atoms with Gasteiger partial charge in [0.2, 0.25) is 0 Å². The van der Waals surface area contributed by atoms with Gasteiger partial charge in [0.25, 0.3) is 5.91 Å². The van der Waals surface area contributed by atoms with Crippen LogP contribution in [0.2, 0.25) is 0 Å². The van der Waals surface area contributed by atoms with Crippen molar-refractivity contribution in [1.82, 2.24) is 5.32 Å². The van der Waals surface area contributed by atoms with E-state index in [9.17, 15) is 4.79 Å². The zero-order valence-corrected chi connectivity index (χ0v) is 12.7. The molecule has 3 nitrogen and oxygen atoms in total. The van der Waals surface area contributed by atoms with E-state index >= 15 is 0 Å². The Bertz CT molecular complexity index is 608. The molecule has 2 rings (SSSR count). The Hall–Kier alpha value is -2.29. The molecule has 1 amide bonds. The Morgan fingerprint density at radius 1 is 1.14 bits per heavy atom. The molecule has 0 fully saturated rings. The summed E-state index contributed by atoms with van der Waals surface area (Å²) in [5, 5.41) is 2.97. The number of para-hydroxylation sites is 1. The average Bonchev–Trinajstić information content (AvgIpc) is 2.48. The number of carbonyl (C=O) groups excluding carboxylic acids is 1. The van der Waals surface area contributed by atoms with Crippen LogP contribution in [0.4, 0.5) is 0 Å². The van der Waals surface area contributed by atoms with E-state index in [2.05, 4.69) is 5.32 Å². The normalized spacial score (nSPS) is 11.8. The third-order valence-electron chi connectivity index (χ3n) is 3.26. The summed E-state index contributed by atoms with van der Waals surface area (Å²) in [5.74, 6) is 0.755. The summed E-state index contributed by atoms with van der Waals surface area (Å²) in [6.45, 7) is 6.31. The highest BCUT2D eigenvalue weighted by Crippen LogP contribution is 2.11. The first-order valence-corrected chi connectivity index (χ1v) is 7.12. The van der Waals surface area contributed by atoms with Gasteiger partial charge in [-0.3, -0.25) is 4.79 Å². The molecule has 2 aromatic rings. The molecule has 21 heavy (non-hydrogen) atoms. The minimum absolute atomic E-state index is 0.0552. The van der Waals surface area contributed by atoms with Crippen LogP contribution in [-0.4, -0.2) is 18.6 Å². The fraction of sp³-hybridized carbons (Fsp3) is 0.278. The van der Waals surface area contributed by atoms with E-state index in [0.29, 0.717) is 6.61 Å². The van der Waals surface area contributed by atoms with Gasteiger partial charge in [-0.05, 0) is 44.5 Å². The maximum atomic E-state index is 12.3. The predicted octanol–water partition coefficient (Wildman–Crippen LogP) is 3.50. The van der Waals surface area contributed by atoms with E-state index in [1.807, 2.05) is 69.3 Å². The van der Waals surface area contributed by atoms with Crippen LogP contribution in [0, 0.1) is 13.8 Å². The SMILES string of the molecule is Cc1ccc(C)c(C(=O)NC(C)COc2ccccc2)c1. The van der Waals surface area contributed by atoms with Gasteiger partial charge in [0.05, 0.1) is 6.04 Å². The number of ether oxygens (including phenoxy) is 1. The lowest BCUT2D eigenvalue weighted by molar-refractivity contribution is 0.0926. The van der Waals surface area contributed by atoms with Gasteiger partial charge in [0.15, 0.2) is 0 Å². The lowest BCUT2D eigenvalue weighted by Gasteiger charge is -2.16. The van der Waals surface area contributed by atoms with Crippen molar-refractivity contribution in [1.29, 1.82) is 0 Å². The molecule has 0 spiro atoms. The summed E-state index contributed by atoms with van der Waals surface area (Å²) in [6.07, 6.45) is 0. The number of rotatable bonds is 5. The lowest BCUT2D eigenvalue weighted by Crippen LogP contribution is -2.37. The van der Waals surface area contributed by atoms with Crippen LogP contribution in [0.25, 0.3) is 0 Å². The summed E-state index contributed by atoms with van der Waals surface area (Å²) in [5.41, 5.74) is 2.79. The molecule has 1 atom stereocenters. The number of hydrogen-bond acceptors (Lipinski definition) is 2. The van der Waals surface area contributed by atoms with Gasteiger partial charge in [-0.15, -0.1) is 0 Å². The van der Waals surface area contributed by atoms with Crippen molar-refractivity contribution >= 4 is 5.91 Å². The Morgan fingerprint density at radius 2 is 1.86 bits per heavy atom. The van der Waals surface area contributed by atoms with E-state index in [-0.39, 0.29) is 11.9 Å². The Kier molecular flexibility index (Phi) is 4.99. The van der Waals surface area contributed by atoms with E-state index in [1.165, 1.54) is 0 Å². The molecule has 0 saturated heterocycles. The minimum Gasteiger partial charge on any atom is -0.491 e. The van der Waals surface area contributed by atoms with Crippen LogP contribution >= 0.6 is 0 Å². The molecule has 0 saturated carbocycles. The quantitative estimate of drug-likeness (QED) is 0.912. The summed E-state index contributed by atoms with van der Waals surface area (Å²) in [6, 6.07) is 15.4. The molecule has 1 N–H and O–H groups in total. The van der Waals surface area contributed by atoms with Gasteiger partial charge in [-0.2, -0.15) is 0 Å². The molecule has 0 bridgehead atoms. The van der Waals surface area contributed by atoms with Crippen LogP contribution in [-0.2, 0) is 0 Å². The fourth-order valence-electron chi connectivity index (χ4n) is 2.06. The number of benzene rings is 2. The third kappa shape index (κ3) is 4.35. The molecule has 0 aliphatic rings. The van der Waals surface area contributed by atoms with Crippen molar-refractivity contribution in [3.05, 3.63) is 65.2 Å². The summed E-state index contributed by atoms with van der Waals surface area (Å²) in [7, 11) is 0. The number of amides is 1. The van der Waals surface area contributed by atoms with Crippen LogP contribution in [0.5, 0.6) is 5.75 Å². The molecule has 1 unspecified atom stereocenters. The second kappa shape index (κ2) is 6.93. The zero-order valence-electron chi connectivity index (χ0n) is 12.7. The first-order chi connectivity index (χ1) is 10.1. The summed E-state index contributed by atoms with van der Waals surface area (Å²) >= 11 is 0. The first-order valence-electron chi connectivity index (χ1n) is 7.12. The van der Waals surface area contributed by atoms with E-state index in [1.54, 1.807) is 0 Å². The van der Waals surface area contributed by atoms with Gasteiger partial charge in [-0.1, -0.05) is 35.9 Å². The Morgan fingerprint density at radius 3 is 2.57 bits per heavy atom. The molecule has 0 heterocycles. The lowest BCUT2D eigenvalue weighted by atomic mass is 10.0. The molecule has 0 aliphatic heterocycles. The second-order valence-electron chi connectivity index (χ2n) is 5.32. The Balaban J connectivity index is 1.91. The zero-order chi connectivity index (χ0) is 15.2. The van der Waals surface area contributed by atoms with Crippen LogP contribution in [0.1, 0.15) is 28.4 Å². The van der Waals surface area contributed by atoms with Crippen molar-refractivity contribution in [2.45, 2.75) is 26.8 Å². The topological polar surface area (TPSA) is 38.3 Å². The largest absolute Gasteiger partial charge is 0.491 e. The maximum absolute atomic E-state index is 12.3. The molecule has 0 aromatic heterocycles. The second-order valence-corrected chi connectivity index (χ2v) is 5.32. The molecule has 0 aliphatic carbocycles. The maximum Gasteiger partial charge on any atom is 0.251 e. The first kappa shape index (κ1) is 15.1. The standard InChI is InChI=1S/C18H21NO2/c1-13-9-10-14(2)17(11-13)18(20)19-15(3)12-21-16-7-5-4-6-8-16/h4-11,15H,12H2,1-3H3,(H,19,20). The highest BCUT2D eigenvalue weighted by Gasteiger charge is 2.12. The molecule has 2 aromatic carbocycles. The number of carbonyl (C=O) groups is 1. The monoisotopic (exact) mass is 283 g/mol. The fourth-order valence-corrected chi connectivity index (χ4v) is 2.06. The van der Waals surface area contributed by atoms with Gasteiger partial charge >= 0.3 is 0 Å². The van der Waals surface area contributed by atoms with Crippen LogP contribution in [0.15, 0.2) is 48.5 Å². The van der Waals surface area contributed by atoms with Crippen molar-refractivity contribution in [2.24, 2.45) is 0 Å². The van der Waals surface area contributed by atoms with Crippen molar-refractivity contribution in [2.75, 3.05) is 6.61 Å². The van der Waals surface area contributed by atoms with E-state index in [0.717, 1.165) is 22.4 Å². The molecule has 3 heteroatoms. The Labute approximate surface area is 126 Å². The van der Waals surface area contributed by atoms with Gasteiger partial charge < -0.3 is 10.1 Å². The molecular weight excluding hydrogens is 262 g/mol. The number of aryl methyl sites for hydroxylation is 2.